The molecule has 2 aliphatic heterocycles. The minimum atomic E-state index is -0.894. The van der Waals surface area contributed by atoms with Gasteiger partial charge in [0.15, 0.2) is 0 Å². The zero-order chi connectivity index (χ0) is 27.4. The van der Waals surface area contributed by atoms with Gasteiger partial charge in [-0.1, -0.05) is 24.3 Å². The molecule has 1 N–H and O–H groups in total. The molecule has 2 aromatic carbocycles. The fraction of sp³-hybridized carbons (Fsp3) is 0.357. The summed E-state index contributed by atoms with van der Waals surface area (Å²) in [7, 11) is 1.25. The summed E-state index contributed by atoms with van der Waals surface area (Å²) in [5.74, 6) is -2.39. The average molecular weight is 524 g/mol. The van der Waals surface area contributed by atoms with Crippen LogP contribution in [0.5, 0.6) is 0 Å². The molecule has 4 rings (SSSR count). The van der Waals surface area contributed by atoms with E-state index in [0.717, 1.165) is 5.56 Å². The van der Waals surface area contributed by atoms with Gasteiger partial charge in [0.25, 0.3) is 5.69 Å². The molecule has 2 aliphatic rings. The number of hydrogen-bond donors (Lipinski definition) is 1. The molecule has 10 heteroatoms. The molecule has 38 heavy (non-hydrogen) atoms. The Morgan fingerprint density at radius 2 is 1.68 bits per heavy atom. The number of esters is 2. The number of nitrogens with zero attached hydrogens (tertiary/aromatic N) is 2. The molecule has 1 fully saturated rings. The molecule has 0 radical (unpaired) electrons. The van der Waals surface area contributed by atoms with Gasteiger partial charge in [0.05, 0.1) is 29.1 Å². The van der Waals surface area contributed by atoms with E-state index in [1.807, 2.05) is 0 Å². The number of dihydropyridines is 1. The molecule has 0 aromatic heterocycles. The van der Waals surface area contributed by atoms with Crippen LogP contribution < -0.4 is 5.32 Å². The third-order valence-electron chi connectivity index (χ3n) is 6.93. The summed E-state index contributed by atoms with van der Waals surface area (Å²) >= 11 is 0. The number of piperidine rings is 1. The predicted octanol–water partition coefficient (Wildman–Crippen LogP) is 4.35. The molecular formula is C28H30FN3O6. The molecule has 0 amide bonds. The van der Waals surface area contributed by atoms with Crippen LogP contribution in [-0.4, -0.2) is 48.1 Å². The first kappa shape index (κ1) is 27.0. The Kier molecular flexibility index (Phi) is 8.21. The van der Waals surface area contributed by atoms with Gasteiger partial charge in [-0.3, -0.25) is 15.0 Å². The van der Waals surface area contributed by atoms with Crippen molar-refractivity contribution in [3.05, 3.63) is 98.1 Å². The van der Waals surface area contributed by atoms with E-state index in [9.17, 15) is 24.1 Å². The van der Waals surface area contributed by atoms with E-state index >= 15 is 0 Å². The first-order valence-corrected chi connectivity index (χ1v) is 12.4. The third kappa shape index (κ3) is 5.91. The van der Waals surface area contributed by atoms with Gasteiger partial charge < -0.3 is 14.8 Å². The number of allylic oxidation sites excluding steroid dienone is 2. The highest BCUT2D eigenvalue weighted by atomic mass is 19.1. The number of likely N-dealkylation sites (tertiary alicyclic amines) is 1. The van der Waals surface area contributed by atoms with E-state index in [2.05, 4.69) is 10.2 Å². The second kappa shape index (κ2) is 11.6. The van der Waals surface area contributed by atoms with Gasteiger partial charge in [-0.25, -0.2) is 14.0 Å². The molecule has 0 saturated carbocycles. The molecule has 2 aromatic rings. The van der Waals surface area contributed by atoms with E-state index in [0.29, 0.717) is 49.4 Å². The summed E-state index contributed by atoms with van der Waals surface area (Å²) in [6, 6.07) is 12.3. The first-order chi connectivity index (χ1) is 18.2. The van der Waals surface area contributed by atoms with E-state index in [4.69, 9.17) is 9.47 Å². The smallest absolute Gasteiger partial charge is 0.337 e. The monoisotopic (exact) mass is 523 g/mol. The minimum Gasteiger partial charge on any atom is -0.466 e. The van der Waals surface area contributed by atoms with Gasteiger partial charge in [0.1, 0.15) is 11.9 Å². The normalized spacial score (nSPS) is 18.7. The summed E-state index contributed by atoms with van der Waals surface area (Å²) < 4.78 is 24.1. The number of nitrogens with one attached hydrogen (secondary N) is 1. The number of halogens is 1. The van der Waals surface area contributed by atoms with Crippen LogP contribution in [0.25, 0.3) is 0 Å². The molecular weight excluding hydrogens is 493 g/mol. The molecule has 2 heterocycles. The van der Waals surface area contributed by atoms with Crippen LogP contribution in [0.1, 0.15) is 43.7 Å². The van der Waals surface area contributed by atoms with Crippen LogP contribution in [-0.2, 0) is 25.6 Å². The van der Waals surface area contributed by atoms with Gasteiger partial charge in [-0.05, 0) is 49.9 Å². The van der Waals surface area contributed by atoms with E-state index < -0.39 is 22.8 Å². The number of non-ortho nitro benzene ring substituents is 1. The van der Waals surface area contributed by atoms with Crippen LogP contribution in [0.15, 0.2) is 71.1 Å². The fourth-order valence-corrected chi connectivity index (χ4v) is 5.04. The van der Waals surface area contributed by atoms with Crippen molar-refractivity contribution in [1.29, 1.82) is 0 Å². The minimum absolute atomic E-state index is 0.151. The van der Waals surface area contributed by atoms with Crippen molar-refractivity contribution in [3.8, 4) is 0 Å². The highest BCUT2D eigenvalue weighted by Gasteiger charge is 2.39. The number of carbonyl (C=O) groups excluding carboxylic acids is 2. The number of rotatable bonds is 7. The molecule has 200 valence electrons. The maximum absolute atomic E-state index is 13.6. The quantitative estimate of drug-likeness (QED) is 0.324. The van der Waals surface area contributed by atoms with Gasteiger partial charge in [0, 0.05) is 43.2 Å². The molecule has 1 atom stereocenters. The van der Waals surface area contributed by atoms with Crippen molar-refractivity contribution in [1.82, 2.24) is 10.2 Å². The molecule has 1 unspecified atom stereocenters. The molecule has 9 nitrogen and oxygen atoms in total. The van der Waals surface area contributed by atoms with Crippen LogP contribution in [0, 0.1) is 15.9 Å². The third-order valence-corrected chi connectivity index (χ3v) is 6.93. The Balaban J connectivity index is 1.53. The lowest BCUT2D eigenvalue weighted by Gasteiger charge is -2.34. The fourth-order valence-electron chi connectivity index (χ4n) is 5.04. The SMILES string of the molecule is COC(=O)C1=C(C)NC(C)=C(C(=O)OC2CCN(Cc3ccc(F)cc3)CC2)C1c1cccc([N+](=O)[O-])c1. The Bertz CT molecular complexity index is 1300. The topological polar surface area (TPSA) is 111 Å². The molecule has 0 bridgehead atoms. The highest BCUT2D eigenvalue weighted by molar-refractivity contribution is 6.00. The number of ether oxygens (including phenoxy) is 2. The average Bonchev–Trinajstić information content (AvgIpc) is 2.90. The lowest BCUT2D eigenvalue weighted by molar-refractivity contribution is -0.384. The van der Waals surface area contributed by atoms with Gasteiger partial charge in [-0.2, -0.15) is 0 Å². The van der Waals surface area contributed by atoms with Crippen LogP contribution in [0.2, 0.25) is 0 Å². The van der Waals surface area contributed by atoms with Crippen LogP contribution in [0.3, 0.4) is 0 Å². The van der Waals surface area contributed by atoms with Gasteiger partial charge in [0.2, 0.25) is 0 Å². The summed E-state index contributed by atoms with van der Waals surface area (Å²) in [5, 5.41) is 14.5. The number of nitro groups is 1. The van der Waals surface area contributed by atoms with Crippen LogP contribution in [0.4, 0.5) is 10.1 Å². The number of carbonyl (C=O) groups is 2. The largest absolute Gasteiger partial charge is 0.466 e. The number of nitro benzene ring substituents is 1. The lowest BCUT2D eigenvalue weighted by atomic mass is 9.80. The van der Waals surface area contributed by atoms with Crippen molar-refractivity contribution < 1.29 is 28.4 Å². The number of benzene rings is 2. The van der Waals surface area contributed by atoms with E-state index in [1.165, 1.54) is 37.4 Å². The predicted molar refractivity (Wildman–Crippen MR) is 137 cm³/mol. The second-order valence-electron chi connectivity index (χ2n) is 9.49. The maximum Gasteiger partial charge on any atom is 0.337 e. The maximum atomic E-state index is 13.6. The summed E-state index contributed by atoms with van der Waals surface area (Å²) in [6.07, 6.45) is 0.909. The summed E-state index contributed by atoms with van der Waals surface area (Å²) in [5.41, 5.74) is 2.68. The van der Waals surface area contributed by atoms with Crippen molar-refractivity contribution >= 4 is 17.6 Å². The van der Waals surface area contributed by atoms with E-state index in [1.54, 1.807) is 32.0 Å². The Labute approximate surface area is 220 Å². The zero-order valence-corrected chi connectivity index (χ0v) is 21.5. The Hall–Kier alpha value is -4.05. The Morgan fingerprint density at radius 1 is 1.05 bits per heavy atom. The van der Waals surface area contributed by atoms with Crippen molar-refractivity contribution in [2.75, 3.05) is 20.2 Å². The number of hydrogen-bond acceptors (Lipinski definition) is 8. The summed E-state index contributed by atoms with van der Waals surface area (Å²) in [4.78, 5) is 39.5. The standard InChI is InChI=1S/C28H30FN3O6/c1-17-24(27(33)37-3)26(20-5-4-6-22(15-20)32(35)36)25(18(2)30-17)28(34)38-23-11-13-31(14-12-23)16-19-7-9-21(29)10-8-19/h4-10,15,23,26,30H,11-14,16H2,1-3H3. The van der Waals surface area contributed by atoms with Crippen LogP contribution >= 0.6 is 0 Å². The van der Waals surface area contributed by atoms with Crippen molar-refractivity contribution in [3.63, 3.8) is 0 Å². The van der Waals surface area contributed by atoms with Crippen molar-refractivity contribution in [2.24, 2.45) is 0 Å². The van der Waals surface area contributed by atoms with Gasteiger partial charge in [-0.15, -0.1) is 0 Å². The van der Waals surface area contributed by atoms with Gasteiger partial charge >= 0.3 is 11.9 Å². The summed E-state index contributed by atoms with van der Waals surface area (Å²) in [6.45, 7) is 5.48. The van der Waals surface area contributed by atoms with Crippen molar-refractivity contribution in [2.45, 2.75) is 45.3 Å². The second-order valence-corrected chi connectivity index (χ2v) is 9.49. The zero-order valence-electron chi connectivity index (χ0n) is 21.5. The molecule has 0 spiro atoms. The Morgan fingerprint density at radius 3 is 2.29 bits per heavy atom. The lowest BCUT2D eigenvalue weighted by Crippen LogP contribution is -2.39. The molecule has 1 saturated heterocycles. The number of methoxy groups -OCH3 is 1. The van der Waals surface area contributed by atoms with E-state index in [-0.39, 0.29) is 28.8 Å². The molecule has 0 aliphatic carbocycles. The first-order valence-electron chi connectivity index (χ1n) is 12.4. The highest BCUT2D eigenvalue weighted by Crippen LogP contribution is 2.40.